The predicted octanol–water partition coefficient (Wildman–Crippen LogP) is 5.81. The van der Waals surface area contributed by atoms with Gasteiger partial charge in [-0.3, -0.25) is 15.5 Å². The average Bonchev–Trinajstić information content (AvgIpc) is 3.31. The van der Waals surface area contributed by atoms with Crippen molar-refractivity contribution in [1.82, 2.24) is 4.98 Å². The molecule has 0 spiro atoms. The maximum absolute atomic E-state index is 12.6. The zero-order chi connectivity index (χ0) is 22.9. The average molecular weight is 456 g/mol. The Bertz CT molecular complexity index is 1600. The number of nitrogens with one attached hydrogen (secondary N) is 1. The van der Waals surface area contributed by atoms with Gasteiger partial charge in [0, 0.05) is 28.5 Å². The number of hydrogen-bond donors (Lipinski definition) is 1. The number of nitrogens with zero attached hydrogens (tertiary/aromatic N) is 3. The fraction of sp³-hybridized carbons (Fsp3) is 0.0417. The van der Waals surface area contributed by atoms with Crippen LogP contribution in [0.3, 0.4) is 0 Å². The number of hydrogen-bond acceptors (Lipinski definition) is 8. The highest BCUT2D eigenvalue weighted by atomic mass is 32.1. The molecule has 2 heterocycles. The third-order valence-corrected chi connectivity index (χ3v) is 5.98. The molecule has 162 valence electrons. The zero-order valence-corrected chi connectivity index (χ0v) is 18.1. The van der Waals surface area contributed by atoms with Crippen molar-refractivity contribution in [3.63, 3.8) is 0 Å². The van der Waals surface area contributed by atoms with E-state index in [1.807, 2.05) is 35.7 Å². The molecule has 0 radical (unpaired) electrons. The first kappa shape index (κ1) is 20.5. The van der Waals surface area contributed by atoms with E-state index >= 15 is 0 Å². The van der Waals surface area contributed by atoms with Crippen LogP contribution in [0.1, 0.15) is 12.5 Å². The van der Waals surface area contributed by atoms with Gasteiger partial charge in [-0.25, -0.2) is 9.78 Å². The van der Waals surface area contributed by atoms with E-state index in [2.05, 4.69) is 15.5 Å². The van der Waals surface area contributed by atoms with E-state index in [1.165, 1.54) is 23.5 Å². The summed E-state index contributed by atoms with van der Waals surface area (Å²) in [5.74, 6) is 0. The standard InChI is InChI=1S/C24H16N4O4S/c1-14(19-12-20-18-5-3-2-4-15(18)8-11-22(20)32-23(19)29)26-27-24-25-21(13-33-24)16-6-9-17(10-7-16)28(30)31/h2-13H,1H3,(H,25,27)/b26-14+. The fourth-order valence-electron chi connectivity index (χ4n) is 3.53. The maximum Gasteiger partial charge on any atom is 0.345 e. The molecule has 1 N–H and O–H groups in total. The molecule has 0 bridgehead atoms. The van der Waals surface area contributed by atoms with Crippen LogP contribution < -0.4 is 11.1 Å². The van der Waals surface area contributed by atoms with Crippen LogP contribution in [0.5, 0.6) is 0 Å². The lowest BCUT2D eigenvalue weighted by molar-refractivity contribution is -0.384. The van der Waals surface area contributed by atoms with E-state index in [0.29, 0.717) is 27.7 Å². The van der Waals surface area contributed by atoms with Gasteiger partial charge in [0.2, 0.25) is 5.13 Å². The van der Waals surface area contributed by atoms with Crippen LogP contribution in [-0.4, -0.2) is 15.6 Å². The second-order valence-corrected chi connectivity index (χ2v) is 8.16. The Labute approximate surface area is 191 Å². The second-order valence-electron chi connectivity index (χ2n) is 7.30. The number of fused-ring (bicyclic) bond motifs is 3. The van der Waals surface area contributed by atoms with Gasteiger partial charge in [0.25, 0.3) is 5.69 Å². The van der Waals surface area contributed by atoms with Crippen molar-refractivity contribution in [3.05, 3.63) is 98.2 Å². The molecule has 2 aromatic heterocycles. The molecule has 0 aliphatic rings. The molecule has 5 rings (SSSR count). The topological polar surface area (TPSA) is 111 Å². The number of rotatable bonds is 5. The van der Waals surface area contributed by atoms with Crippen LogP contribution in [0.2, 0.25) is 0 Å². The lowest BCUT2D eigenvalue weighted by Crippen LogP contribution is -2.13. The third-order valence-electron chi connectivity index (χ3n) is 5.23. The van der Waals surface area contributed by atoms with E-state index < -0.39 is 10.5 Å². The minimum atomic E-state index is -0.466. The van der Waals surface area contributed by atoms with Crippen LogP contribution in [-0.2, 0) is 0 Å². The van der Waals surface area contributed by atoms with Crippen LogP contribution in [0.15, 0.2) is 86.4 Å². The number of aromatic nitrogens is 1. The van der Waals surface area contributed by atoms with E-state index in [-0.39, 0.29) is 5.69 Å². The summed E-state index contributed by atoms with van der Waals surface area (Å²) in [4.78, 5) is 27.4. The first-order valence-corrected chi connectivity index (χ1v) is 10.8. The van der Waals surface area contributed by atoms with Crippen molar-refractivity contribution in [3.8, 4) is 11.3 Å². The molecular formula is C24H16N4O4S. The lowest BCUT2D eigenvalue weighted by atomic mass is 10.0. The Balaban J connectivity index is 1.43. The first-order chi connectivity index (χ1) is 16.0. The Morgan fingerprint density at radius 2 is 1.88 bits per heavy atom. The SMILES string of the molecule is C/C(=N\Nc1nc(-c2ccc([N+](=O)[O-])cc2)cs1)c1cc2c(ccc3ccccc32)oc1=O. The van der Waals surface area contributed by atoms with E-state index in [0.717, 1.165) is 21.7 Å². The summed E-state index contributed by atoms with van der Waals surface area (Å²) in [5.41, 5.74) is 5.21. The highest BCUT2D eigenvalue weighted by molar-refractivity contribution is 7.14. The molecule has 33 heavy (non-hydrogen) atoms. The van der Waals surface area contributed by atoms with Crippen molar-refractivity contribution in [2.45, 2.75) is 6.92 Å². The number of non-ortho nitro benzene ring substituents is 1. The molecule has 0 aliphatic carbocycles. The summed E-state index contributed by atoms with van der Waals surface area (Å²) < 4.78 is 5.54. The normalized spacial score (nSPS) is 11.7. The molecule has 0 saturated heterocycles. The van der Waals surface area contributed by atoms with Gasteiger partial charge in [0.15, 0.2) is 0 Å². The molecule has 0 aliphatic heterocycles. The maximum atomic E-state index is 12.6. The molecule has 0 atom stereocenters. The summed E-state index contributed by atoms with van der Waals surface area (Å²) in [6.45, 7) is 1.72. The molecule has 8 nitrogen and oxygen atoms in total. The van der Waals surface area contributed by atoms with Crippen LogP contribution in [0, 0.1) is 10.1 Å². The zero-order valence-electron chi connectivity index (χ0n) is 17.3. The van der Waals surface area contributed by atoms with Crippen LogP contribution in [0.25, 0.3) is 33.0 Å². The minimum Gasteiger partial charge on any atom is -0.422 e. The second kappa shape index (κ2) is 8.29. The summed E-state index contributed by atoms with van der Waals surface area (Å²) >= 11 is 1.34. The Morgan fingerprint density at radius 1 is 1.09 bits per heavy atom. The van der Waals surface area contributed by atoms with Gasteiger partial charge in [-0.15, -0.1) is 11.3 Å². The predicted molar refractivity (Wildman–Crippen MR) is 130 cm³/mol. The van der Waals surface area contributed by atoms with E-state index in [4.69, 9.17) is 4.42 Å². The van der Waals surface area contributed by atoms with Crippen molar-refractivity contribution >= 4 is 49.6 Å². The number of benzene rings is 3. The van der Waals surface area contributed by atoms with Crippen molar-refractivity contribution < 1.29 is 9.34 Å². The number of thiazole rings is 1. The Morgan fingerprint density at radius 3 is 2.67 bits per heavy atom. The van der Waals surface area contributed by atoms with Crippen molar-refractivity contribution in [2.24, 2.45) is 5.10 Å². The lowest BCUT2D eigenvalue weighted by Gasteiger charge is -2.05. The molecule has 0 saturated carbocycles. The highest BCUT2D eigenvalue weighted by Crippen LogP contribution is 2.27. The number of hydrazone groups is 1. The van der Waals surface area contributed by atoms with Crippen molar-refractivity contribution in [2.75, 3.05) is 5.43 Å². The molecule has 5 aromatic rings. The Hall–Kier alpha value is -4.37. The summed E-state index contributed by atoms with van der Waals surface area (Å²) in [6, 6.07) is 19.6. The molecule has 3 aromatic carbocycles. The molecule has 0 fully saturated rings. The minimum absolute atomic E-state index is 0.0227. The van der Waals surface area contributed by atoms with Crippen LogP contribution in [0.4, 0.5) is 10.8 Å². The Kier molecular flexibility index (Phi) is 5.15. The number of nitro benzene ring substituents is 1. The first-order valence-electron chi connectivity index (χ1n) is 9.96. The van der Waals surface area contributed by atoms with Gasteiger partial charge in [0.1, 0.15) is 5.58 Å². The van der Waals surface area contributed by atoms with Gasteiger partial charge in [0.05, 0.1) is 21.9 Å². The fourth-order valence-corrected chi connectivity index (χ4v) is 4.19. The largest absolute Gasteiger partial charge is 0.422 e. The van der Waals surface area contributed by atoms with Gasteiger partial charge >= 0.3 is 5.63 Å². The summed E-state index contributed by atoms with van der Waals surface area (Å²) in [7, 11) is 0. The number of nitro groups is 1. The summed E-state index contributed by atoms with van der Waals surface area (Å²) in [5, 5.41) is 20.4. The number of anilines is 1. The van der Waals surface area contributed by atoms with E-state index in [9.17, 15) is 14.9 Å². The third kappa shape index (κ3) is 3.97. The van der Waals surface area contributed by atoms with E-state index in [1.54, 1.807) is 31.2 Å². The summed E-state index contributed by atoms with van der Waals surface area (Å²) in [6.07, 6.45) is 0. The van der Waals surface area contributed by atoms with Gasteiger partial charge in [-0.2, -0.15) is 5.10 Å². The van der Waals surface area contributed by atoms with Gasteiger partial charge < -0.3 is 4.42 Å². The smallest absolute Gasteiger partial charge is 0.345 e. The molecule has 0 unspecified atom stereocenters. The van der Waals surface area contributed by atoms with Gasteiger partial charge in [-0.1, -0.05) is 30.3 Å². The van der Waals surface area contributed by atoms with Crippen LogP contribution >= 0.6 is 11.3 Å². The molecular weight excluding hydrogens is 440 g/mol. The van der Waals surface area contributed by atoms with Gasteiger partial charge in [-0.05, 0) is 42.0 Å². The quantitative estimate of drug-likeness (QED) is 0.117. The molecule has 9 heteroatoms. The molecule has 0 amide bonds. The monoisotopic (exact) mass is 456 g/mol. The highest BCUT2D eigenvalue weighted by Gasteiger charge is 2.12. The van der Waals surface area contributed by atoms with Crippen molar-refractivity contribution in [1.29, 1.82) is 0 Å².